The van der Waals surface area contributed by atoms with Gasteiger partial charge < -0.3 is 19.5 Å². The molecule has 2 aromatic heterocycles. The Balaban J connectivity index is 1.54. The van der Waals surface area contributed by atoms with Gasteiger partial charge in [0.1, 0.15) is 5.00 Å². The van der Waals surface area contributed by atoms with Crippen LogP contribution in [0.5, 0.6) is 0 Å². The summed E-state index contributed by atoms with van der Waals surface area (Å²) in [6, 6.07) is 8.42. The van der Waals surface area contributed by atoms with Gasteiger partial charge >= 0.3 is 12.0 Å². The number of fused-ring (bicyclic) bond motifs is 5. The molecule has 1 aromatic carbocycles. The Bertz CT molecular complexity index is 1220. The molecule has 166 valence electrons. The van der Waals surface area contributed by atoms with Crippen LogP contribution >= 0.6 is 22.9 Å². The summed E-state index contributed by atoms with van der Waals surface area (Å²) in [6.07, 6.45) is 6.65. The van der Waals surface area contributed by atoms with Crippen molar-refractivity contribution in [3.63, 3.8) is 0 Å². The van der Waals surface area contributed by atoms with E-state index in [0.29, 0.717) is 17.3 Å². The standard InChI is InChI=1S/C24H24ClN3O3S/c1-14-20-7-5-11-27(20)22-18(16-6-3-4-8-21(16)32-22)13-28(14)24(30)26-19-12-15(25)9-10-17(19)23(29)31-2/h5,7,9-12,14H,3-4,6,8,13H2,1-2H3,(H,26,30)/t14-/m0/s1. The summed E-state index contributed by atoms with van der Waals surface area (Å²) in [4.78, 5) is 29.0. The van der Waals surface area contributed by atoms with Crippen molar-refractivity contribution in [1.82, 2.24) is 9.47 Å². The third kappa shape index (κ3) is 3.49. The summed E-state index contributed by atoms with van der Waals surface area (Å²) in [5, 5.41) is 4.57. The van der Waals surface area contributed by atoms with Crippen LogP contribution in [0.15, 0.2) is 36.5 Å². The summed E-state index contributed by atoms with van der Waals surface area (Å²) in [5.41, 5.74) is 4.32. The van der Waals surface area contributed by atoms with Crippen molar-refractivity contribution < 1.29 is 14.3 Å². The van der Waals surface area contributed by atoms with E-state index in [1.807, 2.05) is 29.2 Å². The summed E-state index contributed by atoms with van der Waals surface area (Å²) in [5.74, 6) is -0.524. The van der Waals surface area contributed by atoms with Crippen molar-refractivity contribution in [3.8, 4) is 5.00 Å². The quantitative estimate of drug-likeness (QED) is 0.470. The number of amides is 2. The van der Waals surface area contributed by atoms with Gasteiger partial charge in [0.15, 0.2) is 0 Å². The Morgan fingerprint density at radius 1 is 1.19 bits per heavy atom. The summed E-state index contributed by atoms with van der Waals surface area (Å²) in [6.45, 7) is 2.55. The summed E-state index contributed by atoms with van der Waals surface area (Å²) in [7, 11) is 1.31. The lowest BCUT2D eigenvalue weighted by molar-refractivity contribution is 0.0602. The van der Waals surface area contributed by atoms with E-state index in [9.17, 15) is 9.59 Å². The van der Waals surface area contributed by atoms with Crippen LogP contribution < -0.4 is 5.32 Å². The van der Waals surface area contributed by atoms with E-state index in [2.05, 4.69) is 22.1 Å². The number of carbonyl (C=O) groups is 2. The van der Waals surface area contributed by atoms with E-state index in [1.165, 1.54) is 41.0 Å². The number of esters is 1. The molecule has 1 N–H and O–H groups in total. The molecule has 2 amide bonds. The Hall–Kier alpha value is -2.77. The zero-order valence-electron chi connectivity index (χ0n) is 18.0. The second kappa shape index (κ2) is 8.30. The maximum atomic E-state index is 13.6. The van der Waals surface area contributed by atoms with E-state index in [4.69, 9.17) is 16.3 Å². The maximum Gasteiger partial charge on any atom is 0.339 e. The third-order valence-corrected chi connectivity index (χ3v) is 7.94. The highest BCUT2D eigenvalue weighted by atomic mass is 35.5. The highest BCUT2D eigenvalue weighted by Gasteiger charge is 2.33. The summed E-state index contributed by atoms with van der Waals surface area (Å²) < 4.78 is 7.10. The Morgan fingerprint density at radius 2 is 2.00 bits per heavy atom. The molecule has 0 fully saturated rings. The van der Waals surface area contributed by atoms with Gasteiger partial charge in [-0.15, -0.1) is 11.3 Å². The van der Waals surface area contributed by atoms with Crippen LogP contribution in [0.25, 0.3) is 5.00 Å². The second-order valence-electron chi connectivity index (χ2n) is 8.21. The Labute approximate surface area is 195 Å². The highest BCUT2D eigenvalue weighted by molar-refractivity contribution is 7.15. The molecule has 0 bridgehead atoms. The van der Waals surface area contributed by atoms with Crippen LogP contribution in [0.1, 0.15) is 57.9 Å². The van der Waals surface area contributed by atoms with Gasteiger partial charge in [0.05, 0.1) is 30.9 Å². The average Bonchev–Trinajstić information content (AvgIpc) is 3.39. The number of hydrogen-bond donors (Lipinski definition) is 1. The largest absolute Gasteiger partial charge is 0.465 e. The van der Waals surface area contributed by atoms with Crippen molar-refractivity contribution >= 4 is 40.6 Å². The molecule has 3 aromatic rings. The lowest BCUT2D eigenvalue weighted by atomic mass is 9.95. The monoisotopic (exact) mass is 469 g/mol. The molecule has 0 saturated carbocycles. The average molecular weight is 470 g/mol. The molecule has 0 radical (unpaired) electrons. The van der Waals surface area contributed by atoms with Crippen molar-refractivity contribution in [3.05, 3.63) is 68.8 Å². The molecule has 8 heteroatoms. The lowest BCUT2D eigenvalue weighted by Crippen LogP contribution is -2.36. The van der Waals surface area contributed by atoms with E-state index < -0.39 is 5.97 Å². The number of nitrogens with zero attached hydrogens (tertiary/aromatic N) is 2. The highest BCUT2D eigenvalue weighted by Crippen LogP contribution is 2.42. The van der Waals surface area contributed by atoms with Gasteiger partial charge in [0.25, 0.3) is 0 Å². The Morgan fingerprint density at radius 3 is 2.81 bits per heavy atom. The number of nitrogens with one attached hydrogen (secondary N) is 1. The first-order valence-corrected chi connectivity index (χ1v) is 11.9. The summed E-state index contributed by atoms with van der Waals surface area (Å²) >= 11 is 8.01. The SMILES string of the molecule is COC(=O)c1ccc(Cl)cc1NC(=O)N1Cc2c(sc3c2CCCC3)-n2cccc2[C@@H]1C. The molecule has 2 aliphatic rings. The molecule has 0 saturated heterocycles. The second-order valence-corrected chi connectivity index (χ2v) is 9.73. The van der Waals surface area contributed by atoms with E-state index in [1.54, 1.807) is 18.2 Å². The first-order chi connectivity index (χ1) is 15.5. The molecule has 32 heavy (non-hydrogen) atoms. The number of aromatic nitrogens is 1. The number of halogens is 1. The minimum atomic E-state index is -0.524. The lowest BCUT2D eigenvalue weighted by Gasteiger charge is -2.28. The molecule has 0 spiro atoms. The number of thiophene rings is 1. The fraction of sp³-hybridized carbons (Fsp3) is 0.333. The van der Waals surface area contributed by atoms with Gasteiger partial charge in [-0.1, -0.05) is 11.6 Å². The van der Waals surface area contributed by atoms with Crippen LogP contribution in [-0.4, -0.2) is 28.6 Å². The van der Waals surface area contributed by atoms with Gasteiger partial charge in [-0.05, 0) is 68.5 Å². The third-order valence-electron chi connectivity index (χ3n) is 6.37. The van der Waals surface area contributed by atoms with Crippen molar-refractivity contribution in [2.45, 2.75) is 45.2 Å². The normalized spacial score (nSPS) is 17.1. The zero-order chi connectivity index (χ0) is 22.4. The predicted octanol–water partition coefficient (Wildman–Crippen LogP) is 5.97. The maximum absolute atomic E-state index is 13.6. The molecule has 1 aliphatic carbocycles. The number of ether oxygens (including phenoxy) is 1. The van der Waals surface area contributed by atoms with E-state index in [-0.39, 0.29) is 17.6 Å². The first kappa shape index (κ1) is 21.1. The van der Waals surface area contributed by atoms with Crippen molar-refractivity contribution in [1.29, 1.82) is 0 Å². The molecule has 5 rings (SSSR count). The number of aryl methyl sites for hydroxylation is 1. The molecule has 3 heterocycles. The topological polar surface area (TPSA) is 63.6 Å². The van der Waals surface area contributed by atoms with Gasteiger partial charge in [0.2, 0.25) is 0 Å². The van der Waals surface area contributed by atoms with Gasteiger partial charge in [-0.3, -0.25) is 0 Å². The number of methoxy groups -OCH3 is 1. The van der Waals surface area contributed by atoms with Crippen molar-refractivity contribution in [2.75, 3.05) is 12.4 Å². The first-order valence-electron chi connectivity index (χ1n) is 10.7. The zero-order valence-corrected chi connectivity index (χ0v) is 19.6. The molecular formula is C24H24ClN3O3S. The number of urea groups is 1. The number of rotatable bonds is 2. The van der Waals surface area contributed by atoms with Crippen LogP contribution in [0.3, 0.4) is 0 Å². The van der Waals surface area contributed by atoms with Crippen LogP contribution in [0.2, 0.25) is 5.02 Å². The Kier molecular flexibility index (Phi) is 5.47. The molecular weight excluding hydrogens is 446 g/mol. The number of anilines is 1. The smallest absolute Gasteiger partial charge is 0.339 e. The number of carbonyl (C=O) groups excluding carboxylic acids is 2. The van der Waals surface area contributed by atoms with Crippen LogP contribution in [-0.2, 0) is 24.1 Å². The molecule has 1 atom stereocenters. The fourth-order valence-corrected chi connectivity index (χ4v) is 6.28. The van der Waals surface area contributed by atoms with Gasteiger partial charge in [-0.25, -0.2) is 9.59 Å². The number of benzene rings is 1. The minimum absolute atomic E-state index is 0.149. The predicted molar refractivity (Wildman–Crippen MR) is 126 cm³/mol. The molecule has 1 aliphatic heterocycles. The number of hydrogen-bond acceptors (Lipinski definition) is 4. The van der Waals surface area contributed by atoms with Crippen molar-refractivity contribution in [2.24, 2.45) is 0 Å². The van der Waals surface area contributed by atoms with Crippen LogP contribution in [0.4, 0.5) is 10.5 Å². The van der Waals surface area contributed by atoms with Gasteiger partial charge in [0, 0.05) is 27.4 Å². The van der Waals surface area contributed by atoms with Gasteiger partial charge in [-0.2, -0.15) is 0 Å². The molecule has 6 nitrogen and oxygen atoms in total. The minimum Gasteiger partial charge on any atom is -0.465 e. The van der Waals surface area contributed by atoms with E-state index in [0.717, 1.165) is 18.5 Å². The van der Waals surface area contributed by atoms with Crippen LogP contribution in [0, 0.1) is 0 Å². The molecule has 0 unspecified atom stereocenters. The van der Waals surface area contributed by atoms with E-state index >= 15 is 0 Å². The fourth-order valence-electron chi connectivity index (χ4n) is 4.70.